The Bertz CT molecular complexity index is 553. The molecule has 0 aliphatic heterocycles. The molecule has 1 aromatic carbocycles. The van der Waals surface area contributed by atoms with Crippen LogP contribution in [-0.2, 0) is 0 Å². The lowest BCUT2D eigenvalue weighted by Crippen LogP contribution is -2.12. The number of rotatable bonds is 5. The number of methoxy groups -OCH3 is 1. The topological polar surface area (TPSA) is 72.2 Å². The van der Waals surface area contributed by atoms with Crippen molar-refractivity contribution in [3.63, 3.8) is 0 Å². The van der Waals surface area contributed by atoms with Gasteiger partial charge in [0.15, 0.2) is 0 Å². The predicted octanol–water partition coefficient (Wildman–Crippen LogP) is 2.41. The second-order valence-corrected chi connectivity index (χ2v) is 4.28. The van der Waals surface area contributed by atoms with Crippen molar-refractivity contribution >= 4 is 11.7 Å². The van der Waals surface area contributed by atoms with Gasteiger partial charge in [0.1, 0.15) is 5.75 Å². The van der Waals surface area contributed by atoms with Crippen LogP contribution >= 0.6 is 0 Å². The predicted molar refractivity (Wildman–Crippen MR) is 72.8 cm³/mol. The fourth-order valence-corrected chi connectivity index (χ4v) is 1.62. The standard InChI is InChI=1S/C13H18N4O2/c1-8-5-6-11(18-4)10(7-8)15-13-17-16-12(19-13)9(2)14-3/h5-7,9,14H,1-4H3,(H,15,17). The summed E-state index contributed by atoms with van der Waals surface area (Å²) < 4.78 is 10.8. The molecule has 2 N–H and O–H groups in total. The monoisotopic (exact) mass is 262 g/mol. The van der Waals surface area contributed by atoms with Gasteiger partial charge in [0, 0.05) is 0 Å². The molecule has 0 saturated heterocycles. The van der Waals surface area contributed by atoms with E-state index >= 15 is 0 Å². The van der Waals surface area contributed by atoms with E-state index in [4.69, 9.17) is 9.15 Å². The van der Waals surface area contributed by atoms with E-state index in [1.54, 1.807) is 7.11 Å². The van der Waals surface area contributed by atoms with Gasteiger partial charge >= 0.3 is 6.01 Å². The normalized spacial score (nSPS) is 12.2. The van der Waals surface area contributed by atoms with E-state index in [2.05, 4.69) is 20.8 Å². The van der Waals surface area contributed by atoms with E-state index in [-0.39, 0.29) is 6.04 Å². The van der Waals surface area contributed by atoms with Crippen LogP contribution in [0.15, 0.2) is 22.6 Å². The molecule has 1 atom stereocenters. The third kappa shape index (κ3) is 3.03. The highest BCUT2D eigenvalue weighted by molar-refractivity contribution is 5.62. The Morgan fingerprint density at radius 3 is 2.79 bits per heavy atom. The SMILES string of the molecule is CNC(C)c1nnc(Nc2cc(C)ccc2OC)o1. The molecule has 0 radical (unpaired) electrons. The van der Waals surface area contributed by atoms with E-state index in [0.29, 0.717) is 11.9 Å². The molecular formula is C13H18N4O2. The Kier molecular flexibility index (Phi) is 4.01. The Balaban J connectivity index is 2.21. The average molecular weight is 262 g/mol. The van der Waals surface area contributed by atoms with Crippen LogP contribution in [0.2, 0.25) is 0 Å². The van der Waals surface area contributed by atoms with E-state index < -0.39 is 0 Å². The van der Waals surface area contributed by atoms with Gasteiger partial charge < -0.3 is 19.8 Å². The van der Waals surface area contributed by atoms with Gasteiger partial charge in [0.2, 0.25) is 5.89 Å². The maximum Gasteiger partial charge on any atom is 0.320 e. The van der Waals surface area contributed by atoms with Crippen molar-refractivity contribution in [2.45, 2.75) is 19.9 Å². The first-order valence-electron chi connectivity index (χ1n) is 6.06. The third-order valence-corrected chi connectivity index (χ3v) is 2.84. The molecule has 0 spiro atoms. The number of anilines is 2. The van der Waals surface area contributed by atoms with Crippen LogP contribution in [0.3, 0.4) is 0 Å². The fraction of sp³-hybridized carbons (Fsp3) is 0.385. The number of nitrogens with one attached hydrogen (secondary N) is 2. The maximum absolute atomic E-state index is 5.53. The first kappa shape index (κ1) is 13.4. The van der Waals surface area contributed by atoms with E-state index in [1.807, 2.05) is 39.1 Å². The number of aromatic nitrogens is 2. The van der Waals surface area contributed by atoms with Crippen LogP contribution in [0.5, 0.6) is 5.75 Å². The van der Waals surface area contributed by atoms with Crippen LogP contribution in [0, 0.1) is 6.92 Å². The van der Waals surface area contributed by atoms with E-state index in [1.165, 1.54) is 0 Å². The van der Waals surface area contributed by atoms with Crippen molar-refractivity contribution in [2.24, 2.45) is 0 Å². The van der Waals surface area contributed by atoms with Crippen molar-refractivity contribution in [3.8, 4) is 5.75 Å². The van der Waals surface area contributed by atoms with Gasteiger partial charge in [-0.05, 0) is 38.6 Å². The Morgan fingerprint density at radius 2 is 2.11 bits per heavy atom. The van der Waals surface area contributed by atoms with E-state index in [0.717, 1.165) is 17.0 Å². The number of hydrogen-bond acceptors (Lipinski definition) is 6. The van der Waals surface area contributed by atoms with Crippen molar-refractivity contribution in [1.29, 1.82) is 0 Å². The summed E-state index contributed by atoms with van der Waals surface area (Å²) in [5.41, 5.74) is 1.92. The summed E-state index contributed by atoms with van der Waals surface area (Å²) in [5, 5.41) is 14.1. The minimum Gasteiger partial charge on any atom is -0.495 e. The van der Waals surface area contributed by atoms with Gasteiger partial charge in [0.25, 0.3) is 0 Å². The number of nitrogens with zero attached hydrogens (tertiary/aromatic N) is 2. The minimum absolute atomic E-state index is 0.0162. The van der Waals surface area contributed by atoms with Crippen LogP contribution in [0.1, 0.15) is 24.4 Å². The van der Waals surface area contributed by atoms with Crippen molar-refractivity contribution in [3.05, 3.63) is 29.7 Å². The molecule has 1 aromatic heterocycles. The fourth-order valence-electron chi connectivity index (χ4n) is 1.62. The van der Waals surface area contributed by atoms with Crippen molar-refractivity contribution < 1.29 is 9.15 Å². The van der Waals surface area contributed by atoms with E-state index in [9.17, 15) is 0 Å². The zero-order valence-electron chi connectivity index (χ0n) is 11.5. The molecule has 1 heterocycles. The van der Waals surface area contributed by atoms with Gasteiger partial charge in [-0.15, -0.1) is 5.10 Å². The first-order chi connectivity index (χ1) is 9.13. The number of aryl methyl sites for hydroxylation is 1. The lowest BCUT2D eigenvalue weighted by molar-refractivity contribution is 0.415. The minimum atomic E-state index is 0.0162. The Morgan fingerprint density at radius 1 is 1.32 bits per heavy atom. The number of ether oxygens (including phenoxy) is 1. The second kappa shape index (κ2) is 5.71. The number of benzene rings is 1. The first-order valence-corrected chi connectivity index (χ1v) is 6.06. The average Bonchev–Trinajstić information content (AvgIpc) is 2.86. The Labute approximate surface area is 112 Å². The molecule has 1 unspecified atom stereocenters. The highest BCUT2D eigenvalue weighted by atomic mass is 16.5. The molecule has 0 aliphatic carbocycles. The lowest BCUT2D eigenvalue weighted by atomic mass is 10.2. The molecule has 2 rings (SSSR count). The summed E-state index contributed by atoms with van der Waals surface area (Å²) in [7, 11) is 3.46. The van der Waals surface area contributed by atoms with Gasteiger partial charge in [-0.3, -0.25) is 0 Å². The molecular weight excluding hydrogens is 244 g/mol. The van der Waals surface area contributed by atoms with Crippen molar-refractivity contribution in [2.75, 3.05) is 19.5 Å². The van der Waals surface area contributed by atoms with Crippen LogP contribution < -0.4 is 15.4 Å². The second-order valence-electron chi connectivity index (χ2n) is 4.28. The largest absolute Gasteiger partial charge is 0.495 e. The molecule has 6 heteroatoms. The van der Waals surface area contributed by atoms with Crippen molar-refractivity contribution in [1.82, 2.24) is 15.5 Å². The molecule has 0 amide bonds. The summed E-state index contributed by atoms with van der Waals surface area (Å²) in [4.78, 5) is 0. The summed E-state index contributed by atoms with van der Waals surface area (Å²) in [6, 6.07) is 6.20. The van der Waals surface area contributed by atoms with Gasteiger partial charge in [0.05, 0.1) is 18.8 Å². The Hall–Kier alpha value is -2.08. The van der Waals surface area contributed by atoms with Gasteiger partial charge in [-0.1, -0.05) is 11.2 Å². The summed E-state index contributed by atoms with van der Waals surface area (Å²) in [6.07, 6.45) is 0. The molecule has 2 aromatic rings. The smallest absolute Gasteiger partial charge is 0.320 e. The summed E-state index contributed by atoms with van der Waals surface area (Å²) >= 11 is 0. The third-order valence-electron chi connectivity index (χ3n) is 2.84. The summed E-state index contributed by atoms with van der Waals surface area (Å²) in [6.45, 7) is 3.96. The molecule has 0 aliphatic rings. The molecule has 0 bridgehead atoms. The molecule has 19 heavy (non-hydrogen) atoms. The van der Waals surface area contributed by atoms with Crippen LogP contribution in [-0.4, -0.2) is 24.4 Å². The molecule has 0 fully saturated rings. The molecule has 6 nitrogen and oxygen atoms in total. The molecule has 0 saturated carbocycles. The number of hydrogen-bond donors (Lipinski definition) is 2. The maximum atomic E-state index is 5.53. The summed E-state index contributed by atoms with van der Waals surface area (Å²) in [5.74, 6) is 1.27. The zero-order valence-corrected chi connectivity index (χ0v) is 11.5. The zero-order chi connectivity index (χ0) is 13.8. The van der Waals surface area contributed by atoms with Gasteiger partial charge in [-0.25, -0.2) is 0 Å². The quantitative estimate of drug-likeness (QED) is 0.862. The van der Waals surface area contributed by atoms with Crippen LogP contribution in [0.25, 0.3) is 0 Å². The highest BCUT2D eigenvalue weighted by Gasteiger charge is 2.13. The molecule has 102 valence electrons. The van der Waals surface area contributed by atoms with Crippen LogP contribution in [0.4, 0.5) is 11.7 Å². The highest BCUT2D eigenvalue weighted by Crippen LogP contribution is 2.28. The van der Waals surface area contributed by atoms with Gasteiger partial charge in [-0.2, -0.15) is 0 Å². The lowest BCUT2D eigenvalue weighted by Gasteiger charge is -2.09.